The van der Waals surface area contributed by atoms with Crippen molar-refractivity contribution in [2.24, 2.45) is 5.92 Å². The molecule has 2 heterocycles. The van der Waals surface area contributed by atoms with Gasteiger partial charge in [-0.3, -0.25) is 0 Å². The molecular weight excluding hydrogens is 254 g/mol. The Balaban J connectivity index is 1.98. The van der Waals surface area contributed by atoms with E-state index < -0.39 is 5.97 Å². The van der Waals surface area contributed by atoms with E-state index in [2.05, 4.69) is 22.1 Å². The Morgan fingerprint density at radius 3 is 2.90 bits per heavy atom. The number of pyridine rings is 1. The van der Waals surface area contributed by atoms with Gasteiger partial charge in [0.15, 0.2) is 0 Å². The van der Waals surface area contributed by atoms with Gasteiger partial charge in [0.2, 0.25) is 0 Å². The van der Waals surface area contributed by atoms with Crippen molar-refractivity contribution in [3.05, 3.63) is 23.4 Å². The van der Waals surface area contributed by atoms with Crippen molar-refractivity contribution in [3.63, 3.8) is 0 Å². The number of aromatic carboxylic acids is 1. The summed E-state index contributed by atoms with van der Waals surface area (Å²) in [4.78, 5) is 18.0. The lowest BCUT2D eigenvalue weighted by Gasteiger charge is -2.14. The third-order valence-corrected chi connectivity index (χ3v) is 3.88. The summed E-state index contributed by atoms with van der Waals surface area (Å²) in [5, 5.41) is 12.4. The number of hydrogen-bond donors (Lipinski definition) is 2. The lowest BCUT2D eigenvalue weighted by Crippen LogP contribution is -2.22. The molecule has 1 atom stereocenters. The van der Waals surface area contributed by atoms with Crippen LogP contribution in [-0.4, -0.2) is 47.1 Å². The van der Waals surface area contributed by atoms with E-state index in [1.54, 1.807) is 12.1 Å². The molecule has 0 aliphatic carbocycles. The number of anilines is 1. The average molecular weight is 277 g/mol. The Kier molecular flexibility index (Phi) is 4.95. The third-order valence-electron chi connectivity index (χ3n) is 3.88. The normalized spacial score (nSPS) is 19.2. The number of likely N-dealkylation sites (tertiary alicyclic amines) is 1. The second-order valence-corrected chi connectivity index (χ2v) is 5.32. The average Bonchev–Trinajstić information content (AvgIpc) is 2.92. The molecule has 0 amide bonds. The summed E-state index contributed by atoms with van der Waals surface area (Å²) in [6.07, 6.45) is 1.93. The van der Waals surface area contributed by atoms with Crippen LogP contribution in [0.3, 0.4) is 0 Å². The Bertz CT molecular complexity index is 476. The molecule has 0 saturated carbocycles. The van der Waals surface area contributed by atoms with Crippen molar-refractivity contribution < 1.29 is 9.90 Å². The molecule has 1 aliphatic heterocycles. The van der Waals surface area contributed by atoms with E-state index in [1.165, 1.54) is 6.42 Å². The van der Waals surface area contributed by atoms with Crippen LogP contribution in [-0.2, 0) is 6.42 Å². The highest BCUT2D eigenvalue weighted by atomic mass is 16.4. The van der Waals surface area contributed by atoms with Gasteiger partial charge in [0, 0.05) is 18.8 Å². The Labute approximate surface area is 120 Å². The monoisotopic (exact) mass is 277 g/mol. The molecule has 0 radical (unpaired) electrons. The van der Waals surface area contributed by atoms with E-state index in [9.17, 15) is 4.79 Å². The predicted octanol–water partition coefficient (Wildman–Crippen LogP) is 2.10. The van der Waals surface area contributed by atoms with E-state index in [4.69, 9.17) is 5.11 Å². The molecule has 0 bridgehead atoms. The second-order valence-electron chi connectivity index (χ2n) is 5.32. The molecule has 1 saturated heterocycles. The molecule has 2 N–H and O–H groups in total. The van der Waals surface area contributed by atoms with Crippen molar-refractivity contribution in [3.8, 4) is 0 Å². The molecule has 20 heavy (non-hydrogen) atoms. The Morgan fingerprint density at radius 1 is 1.50 bits per heavy atom. The molecule has 1 aliphatic rings. The fourth-order valence-electron chi connectivity index (χ4n) is 2.60. The third kappa shape index (κ3) is 3.70. The molecular formula is C15H23N3O2. The number of carbonyl (C=O) groups is 1. The summed E-state index contributed by atoms with van der Waals surface area (Å²) in [5.41, 5.74) is 1.12. The molecule has 5 heteroatoms. The standard InChI is InChI=1S/C15H23N3O2/c1-3-13-7-12(15(19)20)8-14(17-13)16-9-11-5-6-18(4-2)10-11/h7-8,11H,3-6,9-10H2,1-2H3,(H,16,17)(H,19,20). The molecule has 1 aromatic rings. The topological polar surface area (TPSA) is 65.5 Å². The summed E-state index contributed by atoms with van der Waals surface area (Å²) in [7, 11) is 0. The smallest absolute Gasteiger partial charge is 0.335 e. The minimum Gasteiger partial charge on any atom is -0.478 e. The maximum atomic E-state index is 11.1. The van der Waals surface area contributed by atoms with Crippen LogP contribution in [0.4, 0.5) is 5.82 Å². The van der Waals surface area contributed by atoms with E-state index in [-0.39, 0.29) is 0 Å². The van der Waals surface area contributed by atoms with Crippen LogP contribution < -0.4 is 5.32 Å². The second kappa shape index (κ2) is 6.70. The molecule has 1 aromatic heterocycles. The lowest BCUT2D eigenvalue weighted by atomic mass is 10.1. The highest BCUT2D eigenvalue weighted by molar-refractivity contribution is 5.88. The van der Waals surface area contributed by atoms with Crippen molar-refractivity contribution in [1.82, 2.24) is 9.88 Å². The van der Waals surface area contributed by atoms with Crippen LogP contribution in [0.5, 0.6) is 0 Å². The minimum absolute atomic E-state index is 0.306. The zero-order valence-corrected chi connectivity index (χ0v) is 12.2. The van der Waals surface area contributed by atoms with Crippen molar-refractivity contribution in [1.29, 1.82) is 0 Å². The van der Waals surface area contributed by atoms with E-state index >= 15 is 0 Å². The molecule has 1 fully saturated rings. The largest absolute Gasteiger partial charge is 0.478 e. The molecule has 0 spiro atoms. The minimum atomic E-state index is -0.900. The van der Waals surface area contributed by atoms with Gasteiger partial charge in [-0.15, -0.1) is 0 Å². The first-order valence-electron chi connectivity index (χ1n) is 7.32. The maximum Gasteiger partial charge on any atom is 0.335 e. The predicted molar refractivity (Wildman–Crippen MR) is 79.3 cm³/mol. The zero-order chi connectivity index (χ0) is 14.5. The fourth-order valence-corrected chi connectivity index (χ4v) is 2.60. The Hall–Kier alpha value is -1.62. The van der Waals surface area contributed by atoms with Crippen molar-refractivity contribution in [2.75, 3.05) is 31.5 Å². The van der Waals surface area contributed by atoms with Gasteiger partial charge in [-0.05, 0) is 44.0 Å². The summed E-state index contributed by atoms with van der Waals surface area (Å²) in [6, 6.07) is 3.26. The SMILES string of the molecule is CCc1cc(C(=O)O)cc(NCC2CCN(CC)C2)n1. The molecule has 2 rings (SSSR count). The summed E-state index contributed by atoms with van der Waals surface area (Å²) in [5.74, 6) is 0.398. The number of hydrogen-bond acceptors (Lipinski definition) is 4. The highest BCUT2D eigenvalue weighted by Gasteiger charge is 2.21. The first kappa shape index (κ1) is 14.8. The van der Waals surface area contributed by atoms with Crippen LogP contribution in [0, 0.1) is 5.92 Å². The van der Waals surface area contributed by atoms with Crippen molar-refractivity contribution >= 4 is 11.8 Å². The van der Waals surface area contributed by atoms with Crippen molar-refractivity contribution in [2.45, 2.75) is 26.7 Å². The molecule has 0 aromatic carbocycles. The highest BCUT2D eigenvalue weighted by Crippen LogP contribution is 2.17. The molecule has 5 nitrogen and oxygen atoms in total. The molecule has 1 unspecified atom stereocenters. The van der Waals surface area contributed by atoms with E-state index in [0.29, 0.717) is 17.3 Å². The van der Waals surface area contributed by atoms with Crippen LogP contribution in [0.25, 0.3) is 0 Å². The number of carboxylic acids is 1. The number of nitrogens with one attached hydrogen (secondary N) is 1. The van der Waals surface area contributed by atoms with Gasteiger partial charge in [-0.2, -0.15) is 0 Å². The number of aryl methyl sites for hydroxylation is 1. The van der Waals surface area contributed by atoms with Gasteiger partial charge in [0.05, 0.1) is 5.56 Å². The summed E-state index contributed by atoms with van der Waals surface area (Å²) < 4.78 is 0. The number of nitrogens with zero attached hydrogens (tertiary/aromatic N) is 2. The Morgan fingerprint density at radius 2 is 2.30 bits per heavy atom. The van der Waals surface area contributed by atoms with Gasteiger partial charge < -0.3 is 15.3 Å². The van der Waals surface area contributed by atoms with Crippen LogP contribution in [0.15, 0.2) is 12.1 Å². The quantitative estimate of drug-likeness (QED) is 0.833. The van der Waals surface area contributed by atoms with Gasteiger partial charge >= 0.3 is 5.97 Å². The van der Waals surface area contributed by atoms with E-state index in [1.807, 2.05) is 6.92 Å². The van der Waals surface area contributed by atoms with Gasteiger partial charge in [0.1, 0.15) is 5.82 Å². The molecule has 110 valence electrons. The van der Waals surface area contributed by atoms with Crippen LogP contribution >= 0.6 is 0 Å². The maximum absolute atomic E-state index is 11.1. The summed E-state index contributed by atoms with van der Waals surface area (Å²) in [6.45, 7) is 8.39. The number of carboxylic acid groups (broad SMARTS) is 1. The van der Waals surface area contributed by atoms with E-state index in [0.717, 1.165) is 38.3 Å². The number of rotatable bonds is 6. The van der Waals surface area contributed by atoms with Gasteiger partial charge in [-0.1, -0.05) is 13.8 Å². The summed E-state index contributed by atoms with van der Waals surface area (Å²) >= 11 is 0. The van der Waals surface area contributed by atoms with Gasteiger partial charge in [-0.25, -0.2) is 9.78 Å². The fraction of sp³-hybridized carbons (Fsp3) is 0.600. The first-order valence-corrected chi connectivity index (χ1v) is 7.32. The van der Waals surface area contributed by atoms with Crippen LogP contribution in [0.1, 0.15) is 36.3 Å². The lowest BCUT2D eigenvalue weighted by molar-refractivity contribution is 0.0696. The number of aromatic nitrogens is 1. The zero-order valence-electron chi connectivity index (χ0n) is 12.2. The van der Waals surface area contributed by atoms with Gasteiger partial charge in [0.25, 0.3) is 0 Å². The van der Waals surface area contributed by atoms with Crippen LogP contribution in [0.2, 0.25) is 0 Å². The first-order chi connectivity index (χ1) is 9.62.